The van der Waals surface area contributed by atoms with Crippen molar-refractivity contribution in [3.05, 3.63) is 11.6 Å². The molecule has 0 aromatic rings. The molecular formula is C28H36O12. The highest BCUT2D eigenvalue weighted by molar-refractivity contribution is 5.89. The highest BCUT2D eigenvalue weighted by atomic mass is 16.7. The molecule has 12 nitrogen and oxygen atoms in total. The number of rotatable bonds is 4. The van der Waals surface area contributed by atoms with Gasteiger partial charge in [0.1, 0.15) is 24.4 Å². The van der Waals surface area contributed by atoms with E-state index in [9.17, 15) is 24.0 Å². The summed E-state index contributed by atoms with van der Waals surface area (Å²) in [4.78, 5) is 63.2. The molecule has 40 heavy (non-hydrogen) atoms. The summed E-state index contributed by atoms with van der Waals surface area (Å²) in [5, 5.41) is 0. The number of hydrogen-bond acceptors (Lipinski definition) is 12. The lowest BCUT2D eigenvalue weighted by Crippen LogP contribution is -2.68. The van der Waals surface area contributed by atoms with Crippen LogP contribution in [0.2, 0.25) is 0 Å². The summed E-state index contributed by atoms with van der Waals surface area (Å²) in [5.41, 5.74) is -4.56. The summed E-state index contributed by atoms with van der Waals surface area (Å²) in [7, 11) is 0. The Morgan fingerprint density at radius 1 is 0.875 bits per heavy atom. The van der Waals surface area contributed by atoms with Crippen molar-refractivity contribution < 1.29 is 57.1 Å². The standard InChI is InChI=1S/C28H36O12/c1-12-9-17(34-13(2)29)22(36-15(4)31)25(6)18(35-14(3)30)11-19-26(7,39-19)21(25)23(37-16(5)32)28-20(10-12)38-24(33)27(28,8)40-28/h10,17-23H,9,11H2,1-8H3/b12-10-/t17-,18+,19+,20+,21-,22+,23?,25+,26+,27+,28-/m1/s1. The molecule has 0 radical (unpaired) electrons. The van der Waals surface area contributed by atoms with Crippen LogP contribution in [0.15, 0.2) is 11.6 Å². The Morgan fingerprint density at radius 3 is 2.00 bits per heavy atom. The molecule has 0 aromatic heterocycles. The Labute approximate surface area is 231 Å². The molecule has 12 heteroatoms. The lowest BCUT2D eigenvalue weighted by molar-refractivity contribution is -0.228. The van der Waals surface area contributed by atoms with Crippen molar-refractivity contribution in [2.45, 2.75) is 122 Å². The van der Waals surface area contributed by atoms with E-state index in [-0.39, 0.29) is 12.8 Å². The maximum absolute atomic E-state index is 13.1. The highest BCUT2D eigenvalue weighted by Crippen LogP contribution is 2.69. The molecule has 0 N–H and O–H groups in total. The second-order valence-corrected chi connectivity index (χ2v) is 12.1. The third kappa shape index (κ3) is 3.97. The van der Waals surface area contributed by atoms with Crippen molar-refractivity contribution >= 4 is 29.8 Å². The van der Waals surface area contributed by atoms with Crippen LogP contribution in [0.1, 0.15) is 68.2 Å². The topological polar surface area (TPSA) is 157 Å². The Balaban J connectivity index is 1.81. The van der Waals surface area contributed by atoms with Gasteiger partial charge in [0.15, 0.2) is 17.3 Å². The van der Waals surface area contributed by atoms with Crippen LogP contribution in [0.5, 0.6) is 0 Å². The first-order chi connectivity index (χ1) is 18.5. The molecule has 0 bridgehead atoms. The van der Waals surface area contributed by atoms with Crippen molar-refractivity contribution in [3.8, 4) is 0 Å². The van der Waals surface area contributed by atoms with Gasteiger partial charge in [0.2, 0.25) is 0 Å². The molecule has 11 atom stereocenters. The number of carbonyl (C=O) groups is 5. The normalized spacial score (nSPS) is 47.9. The van der Waals surface area contributed by atoms with Crippen LogP contribution in [0.4, 0.5) is 0 Å². The second kappa shape index (κ2) is 9.01. The van der Waals surface area contributed by atoms with Crippen LogP contribution in [0.3, 0.4) is 0 Å². The molecule has 5 rings (SSSR count). The van der Waals surface area contributed by atoms with Gasteiger partial charge in [-0.1, -0.05) is 12.5 Å². The average Bonchev–Trinajstić information content (AvgIpc) is 3.64. The second-order valence-electron chi connectivity index (χ2n) is 12.1. The predicted octanol–water partition coefficient (Wildman–Crippen LogP) is 1.70. The van der Waals surface area contributed by atoms with Gasteiger partial charge in [0.25, 0.3) is 0 Å². The summed E-state index contributed by atoms with van der Waals surface area (Å²) in [6.07, 6.45) is -3.61. The van der Waals surface area contributed by atoms with Gasteiger partial charge in [0, 0.05) is 46.5 Å². The molecule has 1 unspecified atom stereocenters. The van der Waals surface area contributed by atoms with E-state index in [1.807, 2.05) is 6.92 Å². The third-order valence-corrected chi connectivity index (χ3v) is 9.36. The van der Waals surface area contributed by atoms with E-state index < -0.39 is 94.6 Å². The SMILES string of the molecule is CC(=O)OC1[C@H]2[C@@]3(C)O[C@H]3C[C@H](OC(C)=O)[C@]2(C)[C@@H](OC(C)=O)[C@H](OC(C)=O)C/C(C)=C\[C@@H]2OC(=O)[C@]3(C)O[C@@]123. The number of ether oxygens (including phenoxy) is 7. The van der Waals surface area contributed by atoms with E-state index >= 15 is 0 Å². The van der Waals surface area contributed by atoms with Crippen LogP contribution in [0, 0.1) is 11.3 Å². The number of hydrogen-bond donors (Lipinski definition) is 0. The van der Waals surface area contributed by atoms with Crippen LogP contribution < -0.4 is 0 Å². The Morgan fingerprint density at radius 2 is 1.45 bits per heavy atom. The molecule has 1 saturated carbocycles. The fraction of sp³-hybridized carbons (Fsp3) is 0.750. The minimum absolute atomic E-state index is 0.104. The zero-order valence-corrected chi connectivity index (χ0v) is 23.9. The van der Waals surface area contributed by atoms with Gasteiger partial charge in [-0.25, -0.2) is 4.79 Å². The molecule has 3 heterocycles. The van der Waals surface area contributed by atoms with Gasteiger partial charge in [-0.2, -0.15) is 0 Å². The maximum Gasteiger partial charge on any atom is 0.342 e. The predicted molar refractivity (Wildman–Crippen MR) is 132 cm³/mol. The zero-order valence-electron chi connectivity index (χ0n) is 23.9. The van der Waals surface area contributed by atoms with Gasteiger partial charge in [-0.3, -0.25) is 19.2 Å². The number of carbonyl (C=O) groups excluding carboxylic acids is 5. The summed E-state index contributed by atoms with van der Waals surface area (Å²) in [6, 6.07) is 0. The summed E-state index contributed by atoms with van der Waals surface area (Å²) >= 11 is 0. The fourth-order valence-electron chi connectivity index (χ4n) is 7.70. The molecule has 220 valence electrons. The first kappa shape index (κ1) is 28.5. The molecular weight excluding hydrogens is 528 g/mol. The van der Waals surface area contributed by atoms with Crippen molar-refractivity contribution in [1.29, 1.82) is 0 Å². The van der Waals surface area contributed by atoms with E-state index in [1.54, 1.807) is 26.8 Å². The van der Waals surface area contributed by atoms with Gasteiger partial charge in [-0.05, 0) is 26.8 Å². The van der Waals surface area contributed by atoms with Crippen molar-refractivity contribution in [1.82, 2.24) is 0 Å². The van der Waals surface area contributed by atoms with E-state index in [1.165, 1.54) is 27.7 Å². The average molecular weight is 565 g/mol. The quantitative estimate of drug-likeness (QED) is 0.211. The van der Waals surface area contributed by atoms with Crippen LogP contribution in [-0.2, 0) is 57.1 Å². The molecule has 0 amide bonds. The van der Waals surface area contributed by atoms with Crippen molar-refractivity contribution in [3.63, 3.8) is 0 Å². The van der Waals surface area contributed by atoms with Crippen molar-refractivity contribution in [2.75, 3.05) is 0 Å². The Hall–Kier alpha value is -2.99. The summed E-state index contributed by atoms with van der Waals surface area (Å²) in [5.74, 6) is -3.99. The van der Waals surface area contributed by atoms with E-state index in [4.69, 9.17) is 33.2 Å². The van der Waals surface area contributed by atoms with E-state index in [2.05, 4.69) is 0 Å². The molecule has 0 aromatic carbocycles. The van der Waals surface area contributed by atoms with Gasteiger partial charge < -0.3 is 33.2 Å². The number of epoxide rings is 2. The van der Waals surface area contributed by atoms with Gasteiger partial charge >= 0.3 is 29.8 Å². The van der Waals surface area contributed by atoms with Crippen molar-refractivity contribution in [2.24, 2.45) is 11.3 Å². The van der Waals surface area contributed by atoms with Crippen LogP contribution in [0.25, 0.3) is 0 Å². The largest absolute Gasteiger partial charge is 0.462 e. The fourth-order valence-corrected chi connectivity index (χ4v) is 7.70. The Bertz CT molecular complexity index is 1210. The van der Waals surface area contributed by atoms with Gasteiger partial charge in [0.05, 0.1) is 17.1 Å². The zero-order chi connectivity index (χ0) is 29.6. The molecule has 5 aliphatic rings. The summed E-state index contributed by atoms with van der Waals surface area (Å²) < 4.78 is 41.9. The minimum Gasteiger partial charge on any atom is -0.462 e. The lowest BCUT2D eigenvalue weighted by Gasteiger charge is -2.54. The first-order valence-electron chi connectivity index (χ1n) is 13.5. The molecule has 3 aliphatic heterocycles. The number of fused-ring (bicyclic) bond motifs is 3. The molecule has 4 fully saturated rings. The monoisotopic (exact) mass is 564 g/mol. The maximum atomic E-state index is 13.1. The molecule has 3 saturated heterocycles. The number of esters is 5. The third-order valence-electron chi connectivity index (χ3n) is 9.36. The summed E-state index contributed by atoms with van der Waals surface area (Å²) in [6.45, 7) is 11.9. The van der Waals surface area contributed by atoms with E-state index in [0.29, 0.717) is 5.57 Å². The minimum atomic E-state index is -1.43. The molecule has 2 aliphatic carbocycles. The van der Waals surface area contributed by atoms with E-state index in [0.717, 1.165) is 0 Å². The van der Waals surface area contributed by atoms with Gasteiger partial charge in [-0.15, -0.1) is 0 Å². The highest BCUT2D eigenvalue weighted by Gasteiger charge is 2.89. The first-order valence-corrected chi connectivity index (χ1v) is 13.5. The lowest BCUT2D eigenvalue weighted by atomic mass is 9.53. The van der Waals surface area contributed by atoms with Crippen LogP contribution >= 0.6 is 0 Å². The van der Waals surface area contributed by atoms with Crippen LogP contribution in [-0.4, -0.2) is 83.3 Å². The molecule has 1 spiro atoms. The Kier molecular flexibility index (Phi) is 6.42. The smallest absolute Gasteiger partial charge is 0.342 e.